The molecule has 3 N–H and O–H groups in total. The summed E-state index contributed by atoms with van der Waals surface area (Å²) in [5.74, 6) is -0.0157. The van der Waals surface area contributed by atoms with Crippen molar-refractivity contribution in [1.29, 1.82) is 0 Å². The molecular formula is C22H21N3O5. The van der Waals surface area contributed by atoms with Gasteiger partial charge in [0.05, 0.1) is 29.0 Å². The summed E-state index contributed by atoms with van der Waals surface area (Å²) in [6.45, 7) is 2.78. The third-order valence-corrected chi connectivity index (χ3v) is 5.87. The molecule has 0 aliphatic carbocycles. The topological polar surface area (TPSA) is 117 Å². The van der Waals surface area contributed by atoms with Crippen molar-refractivity contribution in [2.24, 2.45) is 5.73 Å². The standard InChI is InChI=1S/C22H21N3O5/c1-2-22(28)16-9-18-19-13(10-25(18)20(26)15(16)11-30-21(22)27)7-12-8-14(29-6-5-23)3-4-17(12)24-19/h3-4,7-9,28H,2,5-6,10-11,23H2,1H3. The first kappa shape index (κ1) is 18.8. The molecule has 0 amide bonds. The molecule has 3 aromatic rings. The molecule has 154 valence electrons. The Kier molecular flexibility index (Phi) is 4.16. The van der Waals surface area contributed by atoms with Crippen LogP contribution in [-0.2, 0) is 28.3 Å². The lowest BCUT2D eigenvalue weighted by atomic mass is 9.86. The van der Waals surface area contributed by atoms with Gasteiger partial charge in [0.2, 0.25) is 0 Å². The minimum Gasteiger partial charge on any atom is -0.492 e. The monoisotopic (exact) mass is 407 g/mol. The predicted molar refractivity (Wildman–Crippen MR) is 109 cm³/mol. The van der Waals surface area contributed by atoms with Gasteiger partial charge in [0.15, 0.2) is 5.60 Å². The number of cyclic esters (lactones) is 1. The van der Waals surface area contributed by atoms with Crippen LogP contribution < -0.4 is 16.0 Å². The van der Waals surface area contributed by atoms with E-state index >= 15 is 0 Å². The third-order valence-electron chi connectivity index (χ3n) is 5.87. The molecule has 0 saturated heterocycles. The molecule has 8 heteroatoms. The van der Waals surface area contributed by atoms with Crippen molar-refractivity contribution in [1.82, 2.24) is 9.55 Å². The molecule has 0 fully saturated rings. The van der Waals surface area contributed by atoms with Crippen LogP contribution in [0.2, 0.25) is 0 Å². The van der Waals surface area contributed by atoms with E-state index in [2.05, 4.69) is 0 Å². The van der Waals surface area contributed by atoms with Crippen molar-refractivity contribution in [3.8, 4) is 17.1 Å². The summed E-state index contributed by atoms with van der Waals surface area (Å²) in [5, 5.41) is 11.8. The van der Waals surface area contributed by atoms with E-state index in [4.69, 9.17) is 20.2 Å². The van der Waals surface area contributed by atoms with Gasteiger partial charge in [-0.1, -0.05) is 6.92 Å². The second-order valence-corrected chi connectivity index (χ2v) is 7.59. The normalized spacial score (nSPS) is 19.2. The molecule has 2 aromatic heterocycles. The lowest BCUT2D eigenvalue weighted by molar-refractivity contribution is -0.172. The van der Waals surface area contributed by atoms with Gasteiger partial charge in [-0.15, -0.1) is 0 Å². The maximum absolute atomic E-state index is 13.2. The Morgan fingerprint density at radius 2 is 2.13 bits per heavy atom. The van der Waals surface area contributed by atoms with Crippen LogP contribution >= 0.6 is 0 Å². The number of ether oxygens (including phenoxy) is 2. The van der Waals surface area contributed by atoms with Crippen LogP contribution in [0, 0.1) is 0 Å². The third kappa shape index (κ3) is 2.57. The lowest BCUT2D eigenvalue weighted by Gasteiger charge is -2.31. The van der Waals surface area contributed by atoms with Crippen LogP contribution in [0.1, 0.15) is 30.0 Å². The van der Waals surface area contributed by atoms with E-state index in [9.17, 15) is 14.7 Å². The maximum atomic E-state index is 13.2. The van der Waals surface area contributed by atoms with Gasteiger partial charge >= 0.3 is 5.97 Å². The number of hydrogen-bond donors (Lipinski definition) is 2. The highest BCUT2D eigenvalue weighted by Gasteiger charge is 2.45. The Balaban J connectivity index is 1.67. The van der Waals surface area contributed by atoms with E-state index in [0.29, 0.717) is 48.0 Å². The second-order valence-electron chi connectivity index (χ2n) is 7.59. The zero-order chi connectivity index (χ0) is 21.0. The van der Waals surface area contributed by atoms with E-state index in [1.54, 1.807) is 17.6 Å². The average Bonchev–Trinajstić information content (AvgIpc) is 3.11. The SMILES string of the molecule is CCC1(O)C(=O)OCc2c1cc1n(c2=O)Cc2cc3cc(OCCN)ccc3nc2-1. The zero-order valence-electron chi connectivity index (χ0n) is 16.5. The Labute approximate surface area is 171 Å². The number of nitrogens with two attached hydrogens (primary N) is 1. The molecule has 1 atom stereocenters. The minimum atomic E-state index is -1.82. The fourth-order valence-electron chi connectivity index (χ4n) is 4.23. The van der Waals surface area contributed by atoms with E-state index in [1.165, 1.54) is 0 Å². The number of aliphatic hydroxyl groups is 1. The van der Waals surface area contributed by atoms with Crippen molar-refractivity contribution in [3.05, 3.63) is 57.4 Å². The summed E-state index contributed by atoms with van der Waals surface area (Å²) in [4.78, 5) is 30.1. The number of aromatic nitrogens is 2. The summed E-state index contributed by atoms with van der Waals surface area (Å²) < 4.78 is 12.3. The van der Waals surface area contributed by atoms with Crippen LogP contribution in [-0.4, -0.2) is 33.8 Å². The van der Waals surface area contributed by atoms with Gasteiger partial charge in [0, 0.05) is 23.1 Å². The van der Waals surface area contributed by atoms with Crippen molar-refractivity contribution in [2.45, 2.75) is 32.1 Å². The molecule has 0 spiro atoms. The quantitative estimate of drug-likeness (QED) is 0.491. The summed E-state index contributed by atoms with van der Waals surface area (Å²) >= 11 is 0. The highest BCUT2D eigenvalue weighted by Crippen LogP contribution is 2.38. The van der Waals surface area contributed by atoms with Crippen molar-refractivity contribution >= 4 is 16.9 Å². The van der Waals surface area contributed by atoms with Crippen LogP contribution in [0.15, 0.2) is 35.1 Å². The van der Waals surface area contributed by atoms with Gasteiger partial charge in [-0.25, -0.2) is 9.78 Å². The molecule has 0 radical (unpaired) electrons. The molecule has 1 unspecified atom stereocenters. The molecule has 0 bridgehead atoms. The Bertz CT molecular complexity index is 1270. The van der Waals surface area contributed by atoms with E-state index in [0.717, 1.165) is 16.5 Å². The highest BCUT2D eigenvalue weighted by atomic mass is 16.6. The second kappa shape index (κ2) is 6.65. The number of rotatable bonds is 4. The fraction of sp³-hybridized carbons (Fsp3) is 0.318. The number of fused-ring (bicyclic) bond motifs is 5. The van der Waals surface area contributed by atoms with Crippen LogP contribution in [0.5, 0.6) is 5.75 Å². The Hall–Kier alpha value is -3.23. The van der Waals surface area contributed by atoms with Gasteiger partial charge in [-0.2, -0.15) is 0 Å². The number of benzene rings is 1. The number of carbonyl (C=O) groups is 1. The van der Waals surface area contributed by atoms with Crippen molar-refractivity contribution in [2.75, 3.05) is 13.2 Å². The Morgan fingerprint density at radius 3 is 2.90 bits per heavy atom. The molecular weight excluding hydrogens is 386 g/mol. The predicted octanol–water partition coefficient (Wildman–Crippen LogP) is 1.42. The lowest BCUT2D eigenvalue weighted by Crippen LogP contribution is -2.44. The maximum Gasteiger partial charge on any atom is 0.343 e. The van der Waals surface area contributed by atoms with Gasteiger partial charge in [0.25, 0.3) is 5.56 Å². The smallest absolute Gasteiger partial charge is 0.343 e. The molecule has 2 aliphatic heterocycles. The summed E-state index contributed by atoms with van der Waals surface area (Å²) in [7, 11) is 0. The van der Waals surface area contributed by atoms with Gasteiger partial charge in [0.1, 0.15) is 19.0 Å². The van der Waals surface area contributed by atoms with E-state index in [1.807, 2.05) is 24.3 Å². The Morgan fingerprint density at radius 1 is 1.30 bits per heavy atom. The van der Waals surface area contributed by atoms with E-state index in [-0.39, 0.29) is 18.6 Å². The number of carbonyl (C=O) groups excluding carboxylic acids is 1. The van der Waals surface area contributed by atoms with Crippen LogP contribution in [0.4, 0.5) is 0 Å². The van der Waals surface area contributed by atoms with Crippen molar-refractivity contribution in [3.63, 3.8) is 0 Å². The molecule has 1 aromatic carbocycles. The first-order valence-corrected chi connectivity index (χ1v) is 9.90. The first-order chi connectivity index (χ1) is 14.5. The van der Waals surface area contributed by atoms with Gasteiger partial charge in [-0.3, -0.25) is 4.79 Å². The number of hydrogen-bond acceptors (Lipinski definition) is 7. The molecule has 5 rings (SSSR count). The van der Waals surface area contributed by atoms with Crippen LogP contribution in [0.3, 0.4) is 0 Å². The molecule has 8 nitrogen and oxygen atoms in total. The first-order valence-electron chi connectivity index (χ1n) is 9.90. The number of nitrogens with zero attached hydrogens (tertiary/aromatic N) is 2. The molecule has 2 aliphatic rings. The summed E-state index contributed by atoms with van der Waals surface area (Å²) in [6.07, 6.45) is 0.116. The average molecular weight is 407 g/mol. The molecule has 0 saturated carbocycles. The fourth-order valence-corrected chi connectivity index (χ4v) is 4.23. The number of pyridine rings is 2. The van der Waals surface area contributed by atoms with Crippen molar-refractivity contribution < 1.29 is 19.4 Å². The van der Waals surface area contributed by atoms with Crippen LogP contribution in [0.25, 0.3) is 22.3 Å². The van der Waals surface area contributed by atoms with Gasteiger partial charge < -0.3 is 24.9 Å². The molecule has 30 heavy (non-hydrogen) atoms. The minimum absolute atomic E-state index is 0.116. The number of esters is 1. The molecule has 4 heterocycles. The van der Waals surface area contributed by atoms with E-state index < -0.39 is 11.6 Å². The summed E-state index contributed by atoms with van der Waals surface area (Å²) in [6, 6.07) is 9.30. The largest absolute Gasteiger partial charge is 0.492 e. The highest BCUT2D eigenvalue weighted by molar-refractivity contribution is 5.87. The zero-order valence-corrected chi connectivity index (χ0v) is 16.5. The summed E-state index contributed by atoms with van der Waals surface area (Å²) in [5.41, 5.74) is 6.97. The van der Waals surface area contributed by atoms with Gasteiger partial charge in [-0.05, 0) is 36.8 Å².